The molecule has 0 spiro atoms. The van der Waals surface area contributed by atoms with Gasteiger partial charge in [0.05, 0.1) is 18.7 Å². The molecule has 2 aliphatic rings. The number of nitriles is 1. The molecule has 0 aliphatic carbocycles. The lowest BCUT2D eigenvalue weighted by molar-refractivity contribution is -0.153. The second-order valence-electron chi connectivity index (χ2n) is 6.83. The number of amides is 1. The lowest BCUT2D eigenvalue weighted by atomic mass is 9.68. The first-order chi connectivity index (χ1) is 13.4. The highest BCUT2D eigenvalue weighted by atomic mass is 16.5. The lowest BCUT2D eigenvalue weighted by Crippen LogP contribution is -2.45. The Kier molecular flexibility index (Phi) is 5.06. The molecule has 2 N–H and O–H groups in total. The Labute approximate surface area is 163 Å². The maximum absolute atomic E-state index is 13.1. The number of allylic oxidation sites excluding steroid dienone is 2. The van der Waals surface area contributed by atoms with Gasteiger partial charge in [-0.1, -0.05) is 42.5 Å². The molecule has 0 bridgehead atoms. The van der Waals surface area contributed by atoms with Crippen LogP contribution in [-0.2, 0) is 19.1 Å². The molecule has 0 aromatic heterocycles. The molecular weight excluding hydrogens is 358 g/mol. The number of nitrogens with zero attached hydrogens (tertiary/aromatic N) is 2. The van der Waals surface area contributed by atoms with E-state index >= 15 is 0 Å². The molecule has 144 valence electrons. The van der Waals surface area contributed by atoms with Crippen LogP contribution < -0.4 is 5.73 Å². The van der Waals surface area contributed by atoms with Gasteiger partial charge in [0, 0.05) is 17.7 Å². The van der Waals surface area contributed by atoms with Gasteiger partial charge in [-0.05, 0) is 19.4 Å². The minimum Gasteiger partial charge on any atom is -0.465 e. The second-order valence-corrected chi connectivity index (χ2v) is 6.83. The Morgan fingerprint density at radius 3 is 2.50 bits per heavy atom. The zero-order valence-corrected chi connectivity index (χ0v) is 15.7. The van der Waals surface area contributed by atoms with E-state index in [1.165, 1.54) is 13.1 Å². The maximum atomic E-state index is 13.1. The summed E-state index contributed by atoms with van der Waals surface area (Å²) < 4.78 is 5.26. The molecule has 0 saturated carbocycles. The third kappa shape index (κ3) is 2.78. The molecule has 2 aliphatic heterocycles. The minimum absolute atomic E-state index is 0.0932. The van der Waals surface area contributed by atoms with E-state index in [1.54, 1.807) is 54.3 Å². The molecule has 1 fully saturated rings. The van der Waals surface area contributed by atoms with Crippen molar-refractivity contribution in [2.75, 3.05) is 6.61 Å². The molecule has 0 unspecified atom stereocenters. The molecule has 3 rings (SSSR count). The largest absolute Gasteiger partial charge is 0.465 e. The van der Waals surface area contributed by atoms with Gasteiger partial charge < -0.3 is 15.4 Å². The molecular formula is C21H21N3O4. The van der Waals surface area contributed by atoms with Gasteiger partial charge in [-0.2, -0.15) is 5.26 Å². The molecule has 1 amide bonds. The predicted molar refractivity (Wildman–Crippen MR) is 100 cm³/mol. The fourth-order valence-corrected chi connectivity index (χ4v) is 4.13. The number of carbonyl (C=O) groups excluding carboxylic acids is 3. The van der Waals surface area contributed by atoms with Crippen molar-refractivity contribution in [3.05, 3.63) is 59.8 Å². The van der Waals surface area contributed by atoms with Crippen molar-refractivity contribution in [1.82, 2.24) is 4.90 Å². The van der Waals surface area contributed by atoms with Crippen LogP contribution in [0.25, 0.3) is 0 Å². The van der Waals surface area contributed by atoms with Crippen molar-refractivity contribution < 1.29 is 19.1 Å². The van der Waals surface area contributed by atoms with Crippen LogP contribution in [0.15, 0.2) is 54.3 Å². The van der Waals surface area contributed by atoms with E-state index in [4.69, 9.17) is 10.5 Å². The highest BCUT2D eigenvalue weighted by Gasteiger charge is 2.66. The van der Waals surface area contributed by atoms with Crippen molar-refractivity contribution in [3.63, 3.8) is 0 Å². The Morgan fingerprint density at radius 2 is 1.96 bits per heavy atom. The Hall–Kier alpha value is -3.40. The number of hydrogen-bond acceptors (Lipinski definition) is 6. The molecule has 1 aromatic carbocycles. The van der Waals surface area contributed by atoms with Gasteiger partial charge in [-0.15, -0.1) is 0 Å². The van der Waals surface area contributed by atoms with Crippen molar-refractivity contribution in [1.29, 1.82) is 5.26 Å². The number of fused-ring (bicyclic) bond motifs is 1. The number of benzene rings is 1. The SMILES string of the molecule is CCOC(=O)[C@]1(C#N)[C@@H](c2ccccc2)[C@H](C(N)=O)N2C=C(C(C)=O)C=C[C@@H]21. The number of ether oxygens (including phenoxy) is 1. The zero-order chi connectivity index (χ0) is 20.5. The van der Waals surface area contributed by atoms with E-state index in [2.05, 4.69) is 6.07 Å². The summed E-state index contributed by atoms with van der Waals surface area (Å²) in [6, 6.07) is 9.22. The molecule has 0 radical (unpaired) electrons. The van der Waals surface area contributed by atoms with Crippen LogP contribution in [0.4, 0.5) is 0 Å². The maximum Gasteiger partial charge on any atom is 0.329 e. The normalized spacial score (nSPS) is 28.1. The van der Waals surface area contributed by atoms with Crippen molar-refractivity contribution in [2.45, 2.75) is 31.8 Å². The average molecular weight is 379 g/mol. The Bertz CT molecular complexity index is 915. The van der Waals surface area contributed by atoms with E-state index in [0.717, 1.165) is 0 Å². The first kappa shape index (κ1) is 19.4. The summed E-state index contributed by atoms with van der Waals surface area (Å²) >= 11 is 0. The number of primary amides is 1. The fraction of sp³-hybridized carbons (Fsp3) is 0.333. The molecule has 1 aromatic rings. The second kappa shape index (κ2) is 7.31. The third-order valence-corrected chi connectivity index (χ3v) is 5.32. The van der Waals surface area contributed by atoms with Gasteiger partial charge in [-0.25, -0.2) is 0 Å². The minimum atomic E-state index is -1.69. The Morgan fingerprint density at radius 1 is 1.29 bits per heavy atom. The standard InChI is InChI=1S/C21H21N3O4/c1-3-28-20(27)21(12-22)16-10-9-15(13(2)25)11-24(16)18(19(23)26)17(21)14-7-5-4-6-8-14/h4-11,16-18H,3H2,1-2H3,(H2,23,26)/t16-,17+,18-,21+/m1/s1. The molecule has 4 atom stereocenters. The first-order valence-electron chi connectivity index (χ1n) is 8.99. The van der Waals surface area contributed by atoms with Crippen molar-refractivity contribution >= 4 is 17.7 Å². The number of esters is 1. The van der Waals surface area contributed by atoms with Gasteiger partial charge in [0.2, 0.25) is 5.91 Å². The van der Waals surface area contributed by atoms with Crippen LogP contribution in [0.2, 0.25) is 0 Å². The lowest BCUT2D eigenvalue weighted by Gasteiger charge is -2.32. The highest BCUT2D eigenvalue weighted by molar-refractivity contribution is 5.97. The smallest absolute Gasteiger partial charge is 0.329 e. The van der Waals surface area contributed by atoms with Crippen LogP contribution in [0.3, 0.4) is 0 Å². The summed E-state index contributed by atoms with van der Waals surface area (Å²) in [5, 5.41) is 10.2. The average Bonchev–Trinajstić information content (AvgIpc) is 2.99. The number of nitrogens with two attached hydrogens (primary N) is 1. The summed E-state index contributed by atoms with van der Waals surface area (Å²) in [4.78, 5) is 39.0. The number of ketones is 1. The van der Waals surface area contributed by atoms with Crippen LogP contribution in [0, 0.1) is 16.7 Å². The van der Waals surface area contributed by atoms with Crippen molar-refractivity contribution in [3.8, 4) is 6.07 Å². The van der Waals surface area contributed by atoms with E-state index in [9.17, 15) is 19.6 Å². The number of hydrogen-bond donors (Lipinski definition) is 1. The molecule has 7 nitrogen and oxygen atoms in total. The van der Waals surface area contributed by atoms with E-state index in [0.29, 0.717) is 11.1 Å². The Balaban J connectivity index is 2.28. The number of carbonyl (C=O) groups is 3. The fourth-order valence-electron chi connectivity index (χ4n) is 4.13. The van der Waals surface area contributed by atoms with Crippen LogP contribution in [-0.4, -0.2) is 41.3 Å². The zero-order valence-electron chi connectivity index (χ0n) is 15.7. The summed E-state index contributed by atoms with van der Waals surface area (Å²) in [6.07, 6.45) is 4.69. The molecule has 7 heteroatoms. The highest BCUT2D eigenvalue weighted by Crippen LogP contribution is 2.53. The molecule has 1 saturated heterocycles. The van der Waals surface area contributed by atoms with Gasteiger partial charge >= 0.3 is 5.97 Å². The third-order valence-electron chi connectivity index (χ3n) is 5.32. The quantitative estimate of drug-likeness (QED) is 0.774. The van der Waals surface area contributed by atoms with Crippen LogP contribution in [0.1, 0.15) is 25.3 Å². The predicted octanol–water partition coefficient (Wildman–Crippen LogP) is 1.42. The first-order valence-corrected chi connectivity index (χ1v) is 8.99. The monoisotopic (exact) mass is 379 g/mol. The van der Waals surface area contributed by atoms with Gasteiger partial charge in [0.1, 0.15) is 6.04 Å². The van der Waals surface area contributed by atoms with E-state index in [1.807, 2.05) is 0 Å². The number of Topliss-reactive ketones (excluding diaryl/α,β-unsaturated/α-hetero) is 1. The summed E-state index contributed by atoms with van der Waals surface area (Å²) in [6.45, 7) is 3.16. The van der Waals surface area contributed by atoms with E-state index < -0.39 is 35.3 Å². The molecule has 2 heterocycles. The van der Waals surface area contributed by atoms with Crippen LogP contribution >= 0.6 is 0 Å². The molecule has 28 heavy (non-hydrogen) atoms. The van der Waals surface area contributed by atoms with Crippen LogP contribution in [0.5, 0.6) is 0 Å². The van der Waals surface area contributed by atoms with E-state index in [-0.39, 0.29) is 12.4 Å². The number of rotatable bonds is 5. The topological polar surface area (TPSA) is 113 Å². The summed E-state index contributed by atoms with van der Waals surface area (Å²) in [7, 11) is 0. The van der Waals surface area contributed by atoms with Gasteiger partial charge in [-0.3, -0.25) is 14.4 Å². The van der Waals surface area contributed by atoms with Gasteiger partial charge in [0.15, 0.2) is 11.2 Å². The van der Waals surface area contributed by atoms with Gasteiger partial charge in [0.25, 0.3) is 0 Å². The summed E-state index contributed by atoms with van der Waals surface area (Å²) in [5.41, 5.74) is 5.03. The summed E-state index contributed by atoms with van der Waals surface area (Å²) in [5.74, 6) is -2.45. The van der Waals surface area contributed by atoms with Crippen molar-refractivity contribution in [2.24, 2.45) is 11.1 Å².